The maximum atomic E-state index is 11.7. The van der Waals surface area contributed by atoms with Gasteiger partial charge in [-0.3, -0.25) is 4.79 Å². The molecule has 0 unspecified atom stereocenters. The number of hydrogen-bond acceptors (Lipinski definition) is 3. The van der Waals surface area contributed by atoms with Gasteiger partial charge in [0.25, 0.3) is 5.91 Å². The molecule has 0 aliphatic rings. The van der Waals surface area contributed by atoms with Crippen molar-refractivity contribution >= 4 is 12.1 Å². The Morgan fingerprint density at radius 3 is 2.88 bits per heavy atom. The van der Waals surface area contributed by atoms with Crippen molar-refractivity contribution in [3.63, 3.8) is 0 Å². The summed E-state index contributed by atoms with van der Waals surface area (Å²) in [6.45, 7) is 6.05. The number of carbonyl (C=O) groups is 1. The summed E-state index contributed by atoms with van der Waals surface area (Å²) in [6.07, 6.45) is 4.84. The van der Waals surface area contributed by atoms with E-state index < -0.39 is 0 Å². The molecule has 1 heterocycles. The molecule has 1 aromatic heterocycles. The Morgan fingerprint density at radius 2 is 2.29 bits per heavy atom. The van der Waals surface area contributed by atoms with Crippen LogP contribution in [0.5, 0.6) is 0 Å². The normalized spacial score (nSPS) is 11.7. The van der Waals surface area contributed by atoms with E-state index in [9.17, 15) is 4.79 Å². The molecular weight excluding hydrogens is 218 g/mol. The van der Waals surface area contributed by atoms with Crippen molar-refractivity contribution in [1.82, 2.24) is 5.32 Å². The molecule has 0 aromatic carbocycles. The number of oxime groups is 1. The third-order valence-corrected chi connectivity index (χ3v) is 1.93. The predicted molar refractivity (Wildman–Crippen MR) is 63.9 cm³/mol. The molecule has 5 heteroatoms. The molecule has 0 saturated carbocycles. The minimum Gasteiger partial charge on any atom is -0.411 e. The molecule has 0 saturated heterocycles. The SMILES string of the molecule is CC(C)(C)NC(=O)C[n+]1cccc(C=NO)c1. The molecule has 0 radical (unpaired) electrons. The highest BCUT2D eigenvalue weighted by atomic mass is 16.4. The van der Waals surface area contributed by atoms with Crippen LogP contribution in [0.1, 0.15) is 26.3 Å². The highest BCUT2D eigenvalue weighted by molar-refractivity contribution is 5.78. The maximum absolute atomic E-state index is 11.7. The lowest BCUT2D eigenvalue weighted by molar-refractivity contribution is -0.684. The molecule has 0 atom stereocenters. The van der Waals surface area contributed by atoms with E-state index in [-0.39, 0.29) is 18.0 Å². The van der Waals surface area contributed by atoms with E-state index in [1.165, 1.54) is 6.21 Å². The van der Waals surface area contributed by atoms with Crippen LogP contribution in [0.2, 0.25) is 0 Å². The van der Waals surface area contributed by atoms with Crippen LogP contribution in [0, 0.1) is 0 Å². The molecule has 0 aliphatic carbocycles. The lowest BCUT2D eigenvalue weighted by Crippen LogP contribution is -2.48. The van der Waals surface area contributed by atoms with Crippen LogP contribution in [0.25, 0.3) is 0 Å². The fraction of sp³-hybridized carbons (Fsp3) is 0.417. The van der Waals surface area contributed by atoms with Crippen molar-refractivity contribution < 1.29 is 14.6 Å². The molecular formula is C12H18N3O2+. The number of nitrogens with zero attached hydrogens (tertiary/aromatic N) is 2. The van der Waals surface area contributed by atoms with Gasteiger partial charge in [0.1, 0.15) is 0 Å². The Labute approximate surface area is 101 Å². The van der Waals surface area contributed by atoms with Crippen LogP contribution in [0.4, 0.5) is 0 Å². The number of aromatic nitrogens is 1. The van der Waals surface area contributed by atoms with E-state index in [1.807, 2.05) is 20.8 Å². The monoisotopic (exact) mass is 236 g/mol. The Morgan fingerprint density at radius 1 is 1.59 bits per heavy atom. The van der Waals surface area contributed by atoms with Gasteiger partial charge in [0.15, 0.2) is 12.4 Å². The summed E-state index contributed by atoms with van der Waals surface area (Å²) in [5.41, 5.74) is 0.500. The summed E-state index contributed by atoms with van der Waals surface area (Å²) in [5.74, 6) is -0.0550. The molecule has 0 bridgehead atoms. The largest absolute Gasteiger partial charge is 0.411 e. The molecule has 1 aromatic rings. The van der Waals surface area contributed by atoms with Gasteiger partial charge >= 0.3 is 0 Å². The van der Waals surface area contributed by atoms with E-state index in [2.05, 4.69) is 10.5 Å². The molecule has 0 aliphatic heterocycles. The van der Waals surface area contributed by atoms with Crippen LogP contribution < -0.4 is 9.88 Å². The first-order chi connectivity index (χ1) is 7.90. The highest BCUT2D eigenvalue weighted by Crippen LogP contribution is 1.97. The fourth-order valence-corrected chi connectivity index (χ4v) is 1.41. The van der Waals surface area contributed by atoms with Gasteiger partial charge in [-0.1, -0.05) is 5.16 Å². The van der Waals surface area contributed by atoms with Gasteiger partial charge in [0.05, 0.1) is 11.8 Å². The topological polar surface area (TPSA) is 65.6 Å². The summed E-state index contributed by atoms with van der Waals surface area (Å²) in [6, 6.07) is 3.58. The lowest BCUT2D eigenvalue weighted by atomic mass is 10.1. The first-order valence-electron chi connectivity index (χ1n) is 5.38. The third kappa shape index (κ3) is 5.10. The van der Waals surface area contributed by atoms with Gasteiger partial charge in [-0.25, -0.2) is 0 Å². The third-order valence-electron chi connectivity index (χ3n) is 1.93. The molecule has 0 fully saturated rings. The van der Waals surface area contributed by atoms with Gasteiger partial charge in [-0.05, 0) is 26.8 Å². The van der Waals surface area contributed by atoms with Crippen LogP contribution in [-0.2, 0) is 11.3 Å². The second-order valence-corrected chi connectivity index (χ2v) is 4.85. The zero-order valence-corrected chi connectivity index (χ0v) is 10.3. The quantitative estimate of drug-likeness (QED) is 0.351. The van der Waals surface area contributed by atoms with Crippen molar-refractivity contribution in [1.29, 1.82) is 0 Å². The maximum Gasteiger partial charge on any atom is 0.286 e. The number of hydrogen-bond donors (Lipinski definition) is 2. The lowest BCUT2D eigenvalue weighted by Gasteiger charge is -2.19. The van der Waals surface area contributed by atoms with Crippen LogP contribution >= 0.6 is 0 Å². The molecule has 1 rings (SSSR count). The van der Waals surface area contributed by atoms with Crippen LogP contribution in [0.3, 0.4) is 0 Å². The Balaban J connectivity index is 2.68. The van der Waals surface area contributed by atoms with Gasteiger partial charge < -0.3 is 10.5 Å². The number of amides is 1. The molecule has 2 N–H and O–H groups in total. The van der Waals surface area contributed by atoms with Crippen molar-refractivity contribution in [3.8, 4) is 0 Å². The minimum absolute atomic E-state index is 0.0550. The molecule has 0 spiro atoms. The van der Waals surface area contributed by atoms with Gasteiger partial charge in [0.2, 0.25) is 6.54 Å². The summed E-state index contributed by atoms with van der Waals surface area (Å²) in [7, 11) is 0. The summed E-state index contributed by atoms with van der Waals surface area (Å²) in [5, 5.41) is 14.2. The highest BCUT2D eigenvalue weighted by Gasteiger charge is 2.16. The summed E-state index contributed by atoms with van der Waals surface area (Å²) < 4.78 is 1.73. The van der Waals surface area contributed by atoms with Gasteiger partial charge in [0, 0.05) is 11.6 Å². The first kappa shape index (κ1) is 13.2. The standard InChI is InChI=1S/C12H17N3O2/c1-12(2,3)14-11(16)9-15-6-4-5-10(8-15)7-13-17/h4-8H,9H2,1-3H3,(H-,14,16,17)/p+1. The zero-order chi connectivity index (χ0) is 12.9. The molecule has 17 heavy (non-hydrogen) atoms. The van der Waals surface area contributed by atoms with Crippen molar-refractivity contribution in [2.45, 2.75) is 32.9 Å². The second kappa shape index (κ2) is 5.43. The van der Waals surface area contributed by atoms with Crippen molar-refractivity contribution in [3.05, 3.63) is 30.1 Å². The molecule has 5 nitrogen and oxygen atoms in total. The van der Waals surface area contributed by atoms with Crippen molar-refractivity contribution in [2.24, 2.45) is 5.16 Å². The molecule has 92 valence electrons. The Kier molecular flexibility index (Phi) is 4.20. The average molecular weight is 236 g/mol. The van der Waals surface area contributed by atoms with Crippen molar-refractivity contribution in [2.75, 3.05) is 0 Å². The average Bonchev–Trinajstić information content (AvgIpc) is 2.15. The number of nitrogens with one attached hydrogen (secondary N) is 1. The van der Waals surface area contributed by atoms with E-state index in [1.54, 1.807) is 29.1 Å². The van der Waals surface area contributed by atoms with E-state index in [0.717, 1.165) is 5.56 Å². The van der Waals surface area contributed by atoms with Crippen LogP contribution in [0.15, 0.2) is 29.7 Å². The fourth-order valence-electron chi connectivity index (χ4n) is 1.41. The van der Waals surface area contributed by atoms with Crippen LogP contribution in [-0.4, -0.2) is 22.9 Å². The van der Waals surface area contributed by atoms with E-state index >= 15 is 0 Å². The molecule has 1 amide bonds. The first-order valence-corrected chi connectivity index (χ1v) is 5.38. The predicted octanol–water partition coefficient (Wildman–Crippen LogP) is 0.697. The minimum atomic E-state index is -0.234. The second-order valence-electron chi connectivity index (χ2n) is 4.85. The Bertz CT molecular complexity index is 422. The van der Waals surface area contributed by atoms with E-state index in [4.69, 9.17) is 5.21 Å². The Hall–Kier alpha value is -1.91. The number of carbonyl (C=O) groups excluding carboxylic acids is 1. The summed E-state index contributed by atoms with van der Waals surface area (Å²) in [4.78, 5) is 11.7. The summed E-state index contributed by atoms with van der Waals surface area (Å²) >= 11 is 0. The van der Waals surface area contributed by atoms with Gasteiger partial charge in [-0.15, -0.1) is 0 Å². The number of pyridine rings is 1. The number of rotatable bonds is 3. The zero-order valence-electron chi connectivity index (χ0n) is 10.3. The smallest absolute Gasteiger partial charge is 0.286 e. The van der Waals surface area contributed by atoms with Gasteiger partial charge in [-0.2, -0.15) is 4.57 Å². The van der Waals surface area contributed by atoms with E-state index in [0.29, 0.717) is 0 Å².